The summed E-state index contributed by atoms with van der Waals surface area (Å²) in [5.41, 5.74) is 2.21. The Balaban J connectivity index is 1.60. The SMILES string of the molecule is O=C(Nc1ccc(S(=O)(=O)C(F)F)cc1)c1cc(C2CC2)nn1-c1ccccc1. The van der Waals surface area contributed by atoms with Gasteiger partial charge in [0.25, 0.3) is 5.91 Å². The number of amides is 1. The highest BCUT2D eigenvalue weighted by molar-refractivity contribution is 7.91. The van der Waals surface area contributed by atoms with Crippen molar-refractivity contribution in [3.8, 4) is 5.69 Å². The summed E-state index contributed by atoms with van der Waals surface area (Å²) in [7, 11) is -4.68. The van der Waals surface area contributed by atoms with Crippen molar-refractivity contribution in [1.82, 2.24) is 9.78 Å². The minimum Gasteiger partial charge on any atom is -0.321 e. The minimum atomic E-state index is -4.68. The lowest BCUT2D eigenvalue weighted by molar-refractivity contribution is 0.101. The van der Waals surface area contributed by atoms with Gasteiger partial charge in [0.15, 0.2) is 0 Å². The lowest BCUT2D eigenvalue weighted by atomic mass is 10.2. The van der Waals surface area contributed by atoms with Gasteiger partial charge in [0, 0.05) is 11.6 Å². The van der Waals surface area contributed by atoms with E-state index in [-0.39, 0.29) is 5.69 Å². The van der Waals surface area contributed by atoms with Gasteiger partial charge in [-0.1, -0.05) is 18.2 Å². The number of sulfone groups is 1. The van der Waals surface area contributed by atoms with Crippen molar-refractivity contribution in [1.29, 1.82) is 0 Å². The fraction of sp³-hybridized carbons (Fsp3) is 0.200. The van der Waals surface area contributed by atoms with Crippen LogP contribution in [0.4, 0.5) is 14.5 Å². The zero-order chi connectivity index (χ0) is 20.6. The third kappa shape index (κ3) is 3.91. The lowest BCUT2D eigenvalue weighted by Gasteiger charge is -2.09. The van der Waals surface area contributed by atoms with E-state index in [9.17, 15) is 22.0 Å². The highest BCUT2D eigenvalue weighted by Gasteiger charge is 2.29. The fourth-order valence-corrected chi connectivity index (χ4v) is 3.65. The number of hydrogen-bond acceptors (Lipinski definition) is 4. The maximum atomic E-state index is 12.8. The minimum absolute atomic E-state index is 0.289. The van der Waals surface area contributed by atoms with Gasteiger partial charge < -0.3 is 5.32 Å². The number of nitrogens with one attached hydrogen (secondary N) is 1. The summed E-state index contributed by atoms with van der Waals surface area (Å²) in [6, 6.07) is 15.6. The van der Waals surface area contributed by atoms with Crippen LogP contribution in [0.5, 0.6) is 0 Å². The third-order valence-corrected chi connectivity index (χ3v) is 6.03. The predicted molar refractivity (Wildman–Crippen MR) is 103 cm³/mol. The molecule has 0 aliphatic heterocycles. The first-order valence-electron chi connectivity index (χ1n) is 8.95. The van der Waals surface area contributed by atoms with Crippen LogP contribution in [-0.2, 0) is 9.84 Å². The predicted octanol–water partition coefficient (Wildman–Crippen LogP) is 4.00. The van der Waals surface area contributed by atoms with Crippen molar-refractivity contribution in [2.75, 3.05) is 5.32 Å². The van der Waals surface area contributed by atoms with Gasteiger partial charge in [-0.25, -0.2) is 13.1 Å². The topological polar surface area (TPSA) is 81.1 Å². The molecule has 29 heavy (non-hydrogen) atoms. The molecule has 1 aliphatic rings. The zero-order valence-corrected chi connectivity index (χ0v) is 15.9. The molecule has 0 atom stereocenters. The van der Waals surface area contributed by atoms with Gasteiger partial charge >= 0.3 is 5.76 Å². The molecule has 1 aromatic heterocycles. The number of nitrogens with zero attached hydrogens (tertiary/aromatic N) is 2. The van der Waals surface area contributed by atoms with Crippen molar-refractivity contribution in [3.05, 3.63) is 72.1 Å². The number of hydrogen-bond donors (Lipinski definition) is 1. The molecule has 1 N–H and O–H groups in total. The maximum absolute atomic E-state index is 12.8. The van der Waals surface area contributed by atoms with E-state index >= 15 is 0 Å². The van der Waals surface area contributed by atoms with Crippen molar-refractivity contribution in [2.45, 2.75) is 29.4 Å². The summed E-state index contributed by atoms with van der Waals surface area (Å²) in [6.45, 7) is 0. The monoisotopic (exact) mass is 417 g/mol. The summed E-state index contributed by atoms with van der Waals surface area (Å²) in [5, 5.41) is 7.23. The molecule has 0 saturated heterocycles. The van der Waals surface area contributed by atoms with Gasteiger partial charge in [-0.2, -0.15) is 13.9 Å². The molecular formula is C20H17F2N3O3S. The molecule has 4 rings (SSSR count). The second-order valence-corrected chi connectivity index (χ2v) is 8.68. The van der Waals surface area contributed by atoms with Gasteiger partial charge in [-0.15, -0.1) is 0 Å². The third-order valence-electron chi connectivity index (χ3n) is 4.63. The van der Waals surface area contributed by atoms with Crippen LogP contribution in [0.25, 0.3) is 5.69 Å². The Kier molecular flexibility index (Phi) is 4.91. The second kappa shape index (κ2) is 7.40. The van der Waals surface area contributed by atoms with E-state index in [1.807, 2.05) is 30.3 Å². The van der Waals surface area contributed by atoms with Crippen molar-refractivity contribution < 1.29 is 22.0 Å². The summed E-state index contributed by atoms with van der Waals surface area (Å²) in [6.07, 6.45) is 2.07. The molecule has 0 bridgehead atoms. The number of benzene rings is 2. The normalized spacial score (nSPS) is 14.2. The zero-order valence-electron chi connectivity index (χ0n) is 15.1. The first kappa shape index (κ1) is 19.3. The Bertz CT molecular complexity index is 1140. The molecule has 2 aromatic carbocycles. The Morgan fingerprint density at radius 3 is 2.31 bits per heavy atom. The highest BCUT2D eigenvalue weighted by atomic mass is 32.2. The van der Waals surface area contributed by atoms with E-state index < -0.39 is 26.4 Å². The molecule has 6 nitrogen and oxygen atoms in total. The van der Waals surface area contributed by atoms with E-state index in [1.54, 1.807) is 10.7 Å². The van der Waals surface area contributed by atoms with E-state index in [0.717, 1.165) is 36.4 Å². The second-order valence-electron chi connectivity index (χ2n) is 6.76. The van der Waals surface area contributed by atoms with Crippen LogP contribution in [-0.4, -0.2) is 29.9 Å². The Hall–Kier alpha value is -3.07. The number of anilines is 1. The van der Waals surface area contributed by atoms with E-state index in [4.69, 9.17) is 0 Å². The van der Waals surface area contributed by atoms with Gasteiger partial charge in [0.1, 0.15) is 5.69 Å². The number of carbonyl (C=O) groups excluding carboxylic acids is 1. The molecule has 0 radical (unpaired) electrons. The average Bonchev–Trinajstić information content (AvgIpc) is 3.47. The summed E-state index contributed by atoms with van der Waals surface area (Å²) in [4.78, 5) is 12.3. The van der Waals surface area contributed by atoms with Gasteiger partial charge in [-0.3, -0.25) is 4.79 Å². The molecule has 3 aromatic rings. The Labute approximate surface area is 166 Å². The van der Waals surface area contributed by atoms with E-state index in [2.05, 4.69) is 10.4 Å². The van der Waals surface area contributed by atoms with Crippen LogP contribution in [0.2, 0.25) is 0 Å². The number of carbonyl (C=O) groups is 1. The van der Waals surface area contributed by atoms with Crippen LogP contribution in [0.1, 0.15) is 34.9 Å². The fourth-order valence-electron chi connectivity index (χ4n) is 2.93. The molecule has 1 aliphatic carbocycles. The summed E-state index contributed by atoms with van der Waals surface area (Å²) < 4.78 is 49.9. The summed E-state index contributed by atoms with van der Waals surface area (Å²) >= 11 is 0. The number of halogens is 2. The molecular weight excluding hydrogens is 400 g/mol. The maximum Gasteiger partial charge on any atom is 0.341 e. The van der Waals surface area contributed by atoms with Crippen LogP contribution in [0.3, 0.4) is 0 Å². The number of rotatable bonds is 6. The average molecular weight is 417 g/mol. The van der Waals surface area contributed by atoms with Crippen LogP contribution >= 0.6 is 0 Å². The smallest absolute Gasteiger partial charge is 0.321 e. The molecule has 1 saturated carbocycles. The van der Waals surface area contributed by atoms with Gasteiger partial charge in [0.2, 0.25) is 9.84 Å². The number of para-hydroxylation sites is 1. The summed E-state index contributed by atoms with van der Waals surface area (Å²) in [5.74, 6) is -3.58. The molecule has 150 valence electrons. The molecule has 1 heterocycles. The van der Waals surface area contributed by atoms with Gasteiger partial charge in [-0.05, 0) is 55.3 Å². The first-order chi connectivity index (χ1) is 13.9. The molecule has 0 spiro atoms. The van der Waals surface area contributed by atoms with E-state index in [1.165, 1.54) is 12.1 Å². The molecule has 0 unspecified atom stereocenters. The number of alkyl halides is 2. The van der Waals surface area contributed by atoms with Crippen LogP contribution in [0.15, 0.2) is 65.6 Å². The highest BCUT2D eigenvalue weighted by Crippen LogP contribution is 2.39. The van der Waals surface area contributed by atoms with E-state index in [0.29, 0.717) is 11.6 Å². The Morgan fingerprint density at radius 2 is 1.72 bits per heavy atom. The quantitative estimate of drug-likeness (QED) is 0.657. The van der Waals surface area contributed by atoms with Gasteiger partial charge in [0.05, 0.1) is 16.3 Å². The number of aromatic nitrogens is 2. The van der Waals surface area contributed by atoms with Crippen LogP contribution < -0.4 is 5.32 Å². The van der Waals surface area contributed by atoms with Crippen molar-refractivity contribution in [2.24, 2.45) is 0 Å². The molecule has 9 heteroatoms. The first-order valence-corrected chi connectivity index (χ1v) is 10.5. The van der Waals surface area contributed by atoms with Crippen molar-refractivity contribution in [3.63, 3.8) is 0 Å². The largest absolute Gasteiger partial charge is 0.341 e. The Morgan fingerprint density at radius 1 is 1.07 bits per heavy atom. The lowest BCUT2D eigenvalue weighted by Crippen LogP contribution is -2.17. The van der Waals surface area contributed by atoms with Crippen molar-refractivity contribution >= 4 is 21.4 Å². The molecule has 1 amide bonds. The molecule has 1 fully saturated rings. The standard InChI is InChI=1S/C20H17F2N3O3S/c21-20(22)29(27,28)16-10-8-14(9-11-16)23-19(26)18-12-17(13-6-7-13)24-25(18)15-4-2-1-3-5-15/h1-5,8-13,20H,6-7H2,(H,23,26). The van der Waals surface area contributed by atoms with Crippen LogP contribution in [0, 0.1) is 0 Å².